The number of alkyl halides is 2. The van der Waals surface area contributed by atoms with Gasteiger partial charge in [0.05, 0.1) is 30.6 Å². The highest BCUT2D eigenvalue weighted by Crippen LogP contribution is 2.50. The van der Waals surface area contributed by atoms with Crippen LogP contribution in [0, 0.1) is 35.0 Å². The van der Waals surface area contributed by atoms with Gasteiger partial charge in [-0.1, -0.05) is 119 Å². The second-order valence-electron chi connectivity index (χ2n) is 33.8. The average molecular weight is 1520 g/mol. The first-order valence-corrected chi connectivity index (χ1v) is 40.9. The van der Waals surface area contributed by atoms with Gasteiger partial charge >= 0.3 is 0 Å². The molecule has 3 N–H and O–H groups in total. The molecule has 25 nitrogen and oxygen atoms in total. The number of hydrogen-bond acceptors (Lipinski definition) is 13. The van der Waals surface area contributed by atoms with E-state index in [0.717, 1.165) is 51.4 Å². The molecule has 12 amide bonds. The molecule has 8 aliphatic rings. The Hall–Kier alpha value is -6.08. The fourth-order valence-corrected chi connectivity index (χ4v) is 18.8. The molecule has 106 heavy (non-hydrogen) atoms. The molecule has 27 heteroatoms. The smallest absolute Gasteiger partial charge is 0.248 e. The van der Waals surface area contributed by atoms with Crippen molar-refractivity contribution in [1.29, 1.82) is 0 Å². The molecule has 4 aliphatic carbocycles. The van der Waals surface area contributed by atoms with E-state index in [9.17, 15) is 9.59 Å². The van der Waals surface area contributed by atoms with Gasteiger partial charge in [-0.05, 0) is 138 Å². The molecular weight excluding hydrogens is 1400 g/mol. The number of fused-ring (bicyclic) bond motifs is 4. The highest BCUT2D eigenvalue weighted by atomic mass is 35.5. The van der Waals surface area contributed by atoms with Crippen LogP contribution in [0.5, 0.6) is 0 Å². The van der Waals surface area contributed by atoms with Gasteiger partial charge in [-0.3, -0.25) is 57.5 Å². The standard InChI is InChI=1S/C79H128Cl2N12O13/c1-16-25-58-68(96)83-66(49(6)17-2)75(103)91-39-24-29-60(91)73(101)88(13)59-28-21-20-22-38-92(74(59)102)63(41-51-32-30-48(5)31-33-51)72(100)86(11)45-64(94)82-57(37-35-50-34-36-55(80)56(81)40-50)70(98)93-44-54(106-53-26-23-27-53)42-61(93)69(97)84-79(46-78(7,8)47-79)77(105)90(15)67(52(18-3)19-4)76(104)89(14)62(71(99)85(9)10)43-65(95)87(58)12/h20-21,48-63,66-67H,16-19,22-47H2,1-15H3,(H,82,94)(H,83,96)(H,84,97)/b21-20-/t48?,49-,50?,51?,54+,55?,56?,57-,58-,59-,60-,61-,62-,63-,66-,67-/m0/s1. The number of halogens is 2. The van der Waals surface area contributed by atoms with E-state index in [1.54, 1.807) is 11.9 Å². The van der Waals surface area contributed by atoms with Gasteiger partial charge in [0.15, 0.2) is 0 Å². The predicted octanol–water partition coefficient (Wildman–Crippen LogP) is 7.26. The number of amides is 12. The summed E-state index contributed by atoms with van der Waals surface area (Å²) in [6.45, 7) is 15.3. The lowest BCUT2D eigenvalue weighted by Gasteiger charge is -2.54. The zero-order valence-corrected chi connectivity index (χ0v) is 67.9. The summed E-state index contributed by atoms with van der Waals surface area (Å²) in [7, 11) is 10.5. The molecule has 596 valence electrons. The quantitative estimate of drug-likeness (QED) is 0.108. The molecule has 7 fully saturated rings. The monoisotopic (exact) mass is 1520 g/mol. The van der Waals surface area contributed by atoms with Crippen LogP contribution >= 0.6 is 23.2 Å². The molecule has 0 aromatic carbocycles. The first-order valence-electron chi connectivity index (χ1n) is 40.1. The summed E-state index contributed by atoms with van der Waals surface area (Å²) < 4.78 is 6.62. The normalized spacial score (nSPS) is 32.9. The molecule has 0 radical (unpaired) electrons. The van der Waals surface area contributed by atoms with E-state index in [2.05, 4.69) is 22.9 Å². The minimum atomic E-state index is -1.59. The van der Waals surface area contributed by atoms with Crippen molar-refractivity contribution in [3.05, 3.63) is 12.2 Å². The molecule has 3 saturated heterocycles. The number of ether oxygens (including phenoxy) is 1. The molecule has 0 aromatic rings. The van der Waals surface area contributed by atoms with E-state index in [-0.39, 0.29) is 93.3 Å². The first-order chi connectivity index (χ1) is 50.1. The highest BCUT2D eigenvalue weighted by Gasteiger charge is 2.59. The lowest BCUT2D eigenvalue weighted by molar-refractivity contribution is -0.161. The van der Waals surface area contributed by atoms with Crippen molar-refractivity contribution in [1.82, 2.24) is 60.0 Å². The van der Waals surface area contributed by atoms with Crippen molar-refractivity contribution in [2.75, 3.05) is 75.5 Å². The van der Waals surface area contributed by atoms with Crippen LogP contribution < -0.4 is 16.0 Å². The Bertz CT molecular complexity index is 3170. The van der Waals surface area contributed by atoms with Crippen LogP contribution in [0.4, 0.5) is 0 Å². The number of hydrogen-bond donors (Lipinski definition) is 3. The molecule has 14 atom stereocenters. The highest BCUT2D eigenvalue weighted by molar-refractivity contribution is 6.30. The zero-order chi connectivity index (χ0) is 78.0. The van der Waals surface area contributed by atoms with Crippen LogP contribution in [0.25, 0.3) is 0 Å². The van der Waals surface area contributed by atoms with Crippen LogP contribution in [0.1, 0.15) is 222 Å². The van der Waals surface area contributed by atoms with E-state index in [1.165, 1.54) is 81.5 Å². The number of rotatable bonds is 15. The second-order valence-corrected chi connectivity index (χ2v) is 34.9. The van der Waals surface area contributed by atoms with Crippen molar-refractivity contribution in [2.45, 2.75) is 305 Å². The summed E-state index contributed by atoms with van der Waals surface area (Å²) >= 11 is 13.4. The molecule has 0 aromatic heterocycles. The van der Waals surface area contributed by atoms with Crippen molar-refractivity contribution < 1.29 is 62.3 Å². The van der Waals surface area contributed by atoms with Gasteiger partial charge in [0.25, 0.3) is 0 Å². The maximum Gasteiger partial charge on any atom is 0.248 e. The Kier molecular flexibility index (Phi) is 30.3. The third kappa shape index (κ3) is 20.1. The summed E-state index contributed by atoms with van der Waals surface area (Å²) in [4.78, 5) is 197. The Morgan fingerprint density at radius 2 is 1.29 bits per heavy atom. The fraction of sp³-hybridized carbons (Fsp3) is 0.823. The van der Waals surface area contributed by atoms with Crippen molar-refractivity contribution in [3.8, 4) is 0 Å². The Morgan fingerprint density at radius 1 is 0.623 bits per heavy atom. The number of likely N-dealkylation sites (N-methyl/N-ethyl adjacent to an activating group) is 6. The van der Waals surface area contributed by atoms with Crippen LogP contribution in [-0.4, -0.2) is 273 Å². The first kappa shape index (κ1) is 85.5. The Labute approximate surface area is 641 Å². The van der Waals surface area contributed by atoms with E-state index in [0.29, 0.717) is 70.1 Å². The molecule has 4 saturated carbocycles. The van der Waals surface area contributed by atoms with E-state index < -0.39 is 167 Å². The summed E-state index contributed by atoms with van der Waals surface area (Å²) in [6, 6.07) is -10.5. The summed E-state index contributed by atoms with van der Waals surface area (Å²) in [5.41, 5.74) is -2.06. The minimum absolute atomic E-state index is 0.000989. The average Bonchev–Trinajstić information content (AvgIpc) is 0.841. The van der Waals surface area contributed by atoms with Crippen LogP contribution in [-0.2, 0) is 62.3 Å². The van der Waals surface area contributed by atoms with Crippen LogP contribution in [0.3, 0.4) is 0 Å². The SMILES string of the molecule is CCC[C@H]1C(=O)N[C@@H]([C@@H](C)CC)C(=O)N2CCC[C@H]2C(=O)N(C)[C@H]2C/C=C\CCN(C2=O)[C@@H](CC2CCC(C)CC2)C(=O)N(C)CC(=O)N[C@@H](CCC2CCC(Cl)C(Cl)C2)C(=O)N2C[C@H](OC3CCC3)C[C@H]2C(=O)NC2(CC(C)(C)C2)C(=O)N(C)[C@@H](C(CC)CC)C(=O)N(C)[C@H](C(=O)N(C)C)CC(=O)N1C. The Balaban J connectivity index is 1.22. The van der Waals surface area contributed by atoms with Gasteiger partial charge in [0, 0.05) is 80.8 Å². The van der Waals surface area contributed by atoms with Gasteiger partial charge in [-0.15, -0.1) is 23.2 Å². The molecule has 4 aliphatic heterocycles. The molecular formula is C79H128Cl2N12O13. The molecule has 1 spiro atoms. The molecule has 2 bridgehead atoms. The van der Waals surface area contributed by atoms with E-state index in [1.807, 2.05) is 60.6 Å². The van der Waals surface area contributed by atoms with Crippen molar-refractivity contribution >= 4 is 94.1 Å². The molecule has 8 rings (SSSR count). The number of carbonyl (C=O) groups excluding carboxylic acids is 12. The lowest BCUT2D eigenvalue weighted by atomic mass is 9.58. The van der Waals surface area contributed by atoms with Crippen LogP contribution in [0.2, 0.25) is 0 Å². The number of nitrogens with zero attached hydrogens (tertiary/aromatic N) is 9. The minimum Gasteiger partial charge on any atom is -0.373 e. The van der Waals surface area contributed by atoms with Crippen molar-refractivity contribution in [2.24, 2.45) is 35.0 Å². The van der Waals surface area contributed by atoms with Gasteiger partial charge < -0.3 is 64.8 Å². The van der Waals surface area contributed by atoms with Gasteiger partial charge in [-0.2, -0.15) is 0 Å². The summed E-state index contributed by atoms with van der Waals surface area (Å²) in [5, 5.41) is 8.69. The van der Waals surface area contributed by atoms with Gasteiger partial charge in [0.2, 0.25) is 70.9 Å². The maximum atomic E-state index is 15.9. The van der Waals surface area contributed by atoms with E-state index >= 15 is 47.9 Å². The maximum absolute atomic E-state index is 15.9. The summed E-state index contributed by atoms with van der Waals surface area (Å²) in [6.07, 6.45) is 15.0. The topological polar surface area (TPSA) is 279 Å². The summed E-state index contributed by atoms with van der Waals surface area (Å²) in [5.74, 6) is -7.19. The fourth-order valence-electron chi connectivity index (χ4n) is 18.2. The number of carbonyl (C=O) groups is 12. The van der Waals surface area contributed by atoms with Gasteiger partial charge in [0.1, 0.15) is 59.9 Å². The molecule has 3 unspecified atom stereocenters. The predicted molar refractivity (Wildman–Crippen MR) is 406 cm³/mol. The lowest BCUT2D eigenvalue weighted by Crippen LogP contribution is -2.71. The third-order valence-corrected chi connectivity index (χ3v) is 26.3. The van der Waals surface area contributed by atoms with Crippen LogP contribution in [0.15, 0.2) is 12.2 Å². The second kappa shape index (κ2) is 37.6. The number of nitrogens with one attached hydrogen (secondary N) is 3. The van der Waals surface area contributed by atoms with Gasteiger partial charge in [-0.25, -0.2) is 0 Å². The van der Waals surface area contributed by atoms with Crippen molar-refractivity contribution in [3.63, 3.8) is 0 Å². The van der Waals surface area contributed by atoms with E-state index in [4.69, 9.17) is 27.9 Å². The molecule has 4 heterocycles. The third-order valence-electron chi connectivity index (χ3n) is 25.2. The largest absolute Gasteiger partial charge is 0.373 e. The zero-order valence-electron chi connectivity index (χ0n) is 66.3. The Morgan fingerprint density at radius 3 is 1.90 bits per heavy atom.